The molecule has 0 aromatic rings. The van der Waals surface area contributed by atoms with Crippen molar-refractivity contribution >= 4 is 11.9 Å². The molecule has 0 spiro atoms. The standard InChI is InChI=1S/C15H25NO4/c17-13(8-4-7-12-5-2-1-3-6-12)16-15(14(18)19)9-10-20-11-15/h12H,1-11H2,(H,16,17)(H,18,19). The molecular weight excluding hydrogens is 258 g/mol. The van der Waals surface area contributed by atoms with Crippen LogP contribution in [0.15, 0.2) is 0 Å². The minimum Gasteiger partial charge on any atom is -0.479 e. The van der Waals surface area contributed by atoms with Gasteiger partial charge in [-0.1, -0.05) is 32.1 Å². The van der Waals surface area contributed by atoms with Crippen molar-refractivity contribution in [2.45, 2.75) is 63.3 Å². The first kappa shape index (κ1) is 15.3. The Balaban J connectivity index is 1.70. The van der Waals surface area contributed by atoms with Gasteiger partial charge in [-0.15, -0.1) is 0 Å². The predicted octanol–water partition coefficient (Wildman–Crippen LogP) is 2.10. The van der Waals surface area contributed by atoms with E-state index in [2.05, 4.69) is 5.32 Å². The summed E-state index contributed by atoms with van der Waals surface area (Å²) in [7, 11) is 0. The smallest absolute Gasteiger partial charge is 0.331 e. The maximum atomic E-state index is 11.9. The van der Waals surface area contributed by atoms with E-state index in [4.69, 9.17) is 4.74 Å². The van der Waals surface area contributed by atoms with Crippen LogP contribution in [0, 0.1) is 5.92 Å². The van der Waals surface area contributed by atoms with Crippen LogP contribution in [-0.2, 0) is 14.3 Å². The zero-order chi connectivity index (χ0) is 14.4. The predicted molar refractivity (Wildman–Crippen MR) is 74.4 cm³/mol. The summed E-state index contributed by atoms with van der Waals surface area (Å²) < 4.78 is 5.13. The summed E-state index contributed by atoms with van der Waals surface area (Å²) in [5.41, 5.74) is -1.19. The summed E-state index contributed by atoms with van der Waals surface area (Å²) in [5.74, 6) is -0.385. The largest absolute Gasteiger partial charge is 0.479 e. The lowest BCUT2D eigenvalue weighted by molar-refractivity contribution is -0.147. The van der Waals surface area contributed by atoms with Crippen molar-refractivity contribution < 1.29 is 19.4 Å². The molecule has 20 heavy (non-hydrogen) atoms. The quantitative estimate of drug-likeness (QED) is 0.782. The Kier molecular flexibility index (Phi) is 5.40. The van der Waals surface area contributed by atoms with Gasteiger partial charge in [-0.05, 0) is 18.8 Å². The summed E-state index contributed by atoms with van der Waals surface area (Å²) in [4.78, 5) is 23.2. The van der Waals surface area contributed by atoms with Crippen molar-refractivity contribution in [1.82, 2.24) is 5.32 Å². The molecular formula is C15H25NO4. The monoisotopic (exact) mass is 283 g/mol. The highest BCUT2D eigenvalue weighted by Crippen LogP contribution is 2.27. The second kappa shape index (κ2) is 7.07. The van der Waals surface area contributed by atoms with E-state index in [1.54, 1.807) is 0 Å². The minimum absolute atomic E-state index is 0.0801. The molecule has 5 nitrogen and oxygen atoms in total. The summed E-state index contributed by atoms with van der Waals surface area (Å²) in [6.07, 6.45) is 9.27. The Hall–Kier alpha value is -1.10. The number of carboxylic acids is 1. The van der Waals surface area contributed by atoms with Gasteiger partial charge in [0.15, 0.2) is 5.54 Å². The highest BCUT2D eigenvalue weighted by molar-refractivity contribution is 5.87. The van der Waals surface area contributed by atoms with Crippen LogP contribution < -0.4 is 5.32 Å². The second-order valence-electron chi connectivity index (χ2n) is 6.13. The van der Waals surface area contributed by atoms with Crippen LogP contribution in [-0.4, -0.2) is 35.7 Å². The van der Waals surface area contributed by atoms with E-state index in [9.17, 15) is 14.7 Å². The van der Waals surface area contributed by atoms with Gasteiger partial charge in [0.25, 0.3) is 0 Å². The van der Waals surface area contributed by atoms with Crippen LogP contribution >= 0.6 is 0 Å². The Bertz CT molecular complexity index is 344. The van der Waals surface area contributed by atoms with Crippen LogP contribution in [0.2, 0.25) is 0 Å². The second-order valence-corrected chi connectivity index (χ2v) is 6.13. The molecule has 1 aliphatic heterocycles. The van der Waals surface area contributed by atoms with Gasteiger partial charge in [0.05, 0.1) is 6.61 Å². The third-order valence-corrected chi connectivity index (χ3v) is 4.55. The first-order chi connectivity index (χ1) is 9.62. The van der Waals surface area contributed by atoms with E-state index in [1.807, 2.05) is 0 Å². The van der Waals surface area contributed by atoms with E-state index < -0.39 is 11.5 Å². The molecule has 114 valence electrons. The van der Waals surface area contributed by atoms with Crippen LogP contribution in [0.3, 0.4) is 0 Å². The molecule has 0 aromatic heterocycles. The number of carbonyl (C=O) groups excluding carboxylic acids is 1. The van der Waals surface area contributed by atoms with Gasteiger partial charge in [0.1, 0.15) is 0 Å². The first-order valence-corrected chi connectivity index (χ1v) is 7.74. The summed E-state index contributed by atoms with van der Waals surface area (Å²) in [5, 5.41) is 11.9. The molecule has 1 atom stereocenters. The average molecular weight is 283 g/mol. The van der Waals surface area contributed by atoms with Gasteiger partial charge in [-0.2, -0.15) is 0 Å². The molecule has 1 unspecified atom stereocenters. The highest BCUT2D eigenvalue weighted by atomic mass is 16.5. The normalized spacial score (nSPS) is 27.4. The summed E-state index contributed by atoms with van der Waals surface area (Å²) in [6, 6.07) is 0. The van der Waals surface area contributed by atoms with Crippen molar-refractivity contribution in [3.8, 4) is 0 Å². The fraction of sp³-hybridized carbons (Fsp3) is 0.867. The van der Waals surface area contributed by atoms with Gasteiger partial charge >= 0.3 is 5.97 Å². The van der Waals surface area contributed by atoms with Crippen molar-refractivity contribution in [2.24, 2.45) is 5.92 Å². The lowest BCUT2D eigenvalue weighted by Crippen LogP contribution is -2.55. The molecule has 2 N–H and O–H groups in total. The van der Waals surface area contributed by atoms with Crippen molar-refractivity contribution in [1.29, 1.82) is 0 Å². The number of hydrogen-bond donors (Lipinski definition) is 2. The maximum absolute atomic E-state index is 11.9. The molecule has 0 radical (unpaired) electrons. The topological polar surface area (TPSA) is 75.6 Å². The van der Waals surface area contributed by atoms with Gasteiger partial charge in [0, 0.05) is 19.4 Å². The van der Waals surface area contributed by atoms with Gasteiger partial charge < -0.3 is 15.2 Å². The molecule has 2 rings (SSSR count). The Morgan fingerprint density at radius 3 is 2.60 bits per heavy atom. The third-order valence-electron chi connectivity index (χ3n) is 4.55. The molecule has 1 saturated carbocycles. The summed E-state index contributed by atoms with van der Waals surface area (Å²) >= 11 is 0. The van der Waals surface area contributed by atoms with Gasteiger partial charge in [0.2, 0.25) is 5.91 Å². The zero-order valence-corrected chi connectivity index (χ0v) is 12.0. The van der Waals surface area contributed by atoms with Gasteiger partial charge in [-0.25, -0.2) is 4.79 Å². The highest BCUT2D eigenvalue weighted by Gasteiger charge is 2.43. The number of nitrogens with one attached hydrogen (secondary N) is 1. The van der Waals surface area contributed by atoms with E-state index >= 15 is 0 Å². The number of hydrogen-bond acceptors (Lipinski definition) is 3. The number of carboxylic acid groups (broad SMARTS) is 1. The molecule has 0 bridgehead atoms. The van der Waals surface area contributed by atoms with Crippen LogP contribution in [0.4, 0.5) is 0 Å². The Morgan fingerprint density at radius 1 is 1.25 bits per heavy atom. The van der Waals surface area contributed by atoms with E-state index in [1.165, 1.54) is 32.1 Å². The molecule has 2 aliphatic rings. The van der Waals surface area contributed by atoms with E-state index in [0.717, 1.165) is 18.8 Å². The minimum atomic E-state index is -1.19. The van der Waals surface area contributed by atoms with Crippen molar-refractivity contribution in [3.63, 3.8) is 0 Å². The Labute approximate surface area is 120 Å². The first-order valence-electron chi connectivity index (χ1n) is 7.74. The SMILES string of the molecule is O=C(CCCC1CCCCC1)NC1(C(=O)O)CCOC1. The van der Waals surface area contributed by atoms with Crippen LogP contribution in [0.5, 0.6) is 0 Å². The fourth-order valence-corrected chi connectivity index (χ4v) is 3.24. The van der Waals surface area contributed by atoms with E-state index in [-0.39, 0.29) is 12.5 Å². The summed E-state index contributed by atoms with van der Waals surface area (Å²) in [6.45, 7) is 0.478. The lowest BCUT2D eigenvalue weighted by Gasteiger charge is -2.24. The molecule has 1 aliphatic carbocycles. The average Bonchev–Trinajstić information content (AvgIpc) is 2.90. The third kappa shape index (κ3) is 3.95. The lowest BCUT2D eigenvalue weighted by atomic mass is 9.86. The van der Waals surface area contributed by atoms with Crippen molar-refractivity contribution in [3.05, 3.63) is 0 Å². The fourth-order valence-electron chi connectivity index (χ4n) is 3.24. The number of ether oxygens (including phenoxy) is 1. The number of aliphatic carboxylic acids is 1. The van der Waals surface area contributed by atoms with Crippen LogP contribution in [0.1, 0.15) is 57.8 Å². The van der Waals surface area contributed by atoms with Gasteiger partial charge in [-0.3, -0.25) is 4.79 Å². The molecule has 1 saturated heterocycles. The number of rotatable bonds is 6. The maximum Gasteiger partial charge on any atom is 0.331 e. The van der Waals surface area contributed by atoms with Crippen LogP contribution in [0.25, 0.3) is 0 Å². The molecule has 1 amide bonds. The molecule has 2 fully saturated rings. The van der Waals surface area contributed by atoms with Crippen molar-refractivity contribution in [2.75, 3.05) is 13.2 Å². The Morgan fingerprint density at radius 2 is 2.00 bits per heavy atom. The van der Waals surface area contributed by atoms with E-state index in [0.29, 0.717) is 19.4 Å². The zero-order valence-electron chi connectivity index (χ0n) is 12.0. The number of carbonyl (C=O) groups is 2. The molecule has 5 heteroatoms. The molecule has 0 aromatic carbocycles. The number of amides is 1. The molecule has 1 heterocycles.